The number of rotatable bonds is 5. The molecule has 0 heterocycles. The van der Waals surface area contributed by atoms with Crippen LogP contribution in [-0.2, 0) is 14.3 Å². The van der Waals surface area contributed by atoms with Crippen LogP contribution in [0.5, 0.6) is 5.75 Å². The van der Waals surface area contributed by atoms with E-state index in [0.29, 0.717) is 11.1 Å². The summed E-state index contributed by atoms with van der Waals surface area (Å²) in [5, 5.41) is 16.1. The van der Waals surface area contributed by atoms with Crippen LogP contribution in [0.1, 0.15) is 79.5 Å². The zero-order valence-electron chi connectivity index (χ0n) is 21.0. The van der Waals surface area contributed by atoms with Gasteiger partial charge in [0.05, 0.1) is 0 Å². The minimum absolute atomic E-state index is 0.0521. The molecule has 0 bridgehead atoms. The molecule has 8 heteroatoms. The van der Waals surface area contributed by atoms with Gasteiger partial charge < -0.3 is 25.4 Å². The molecule has 1 unspecified atom stereocenters. The second-order valence-electron chi connectivity index (χ2n) is 10.9. The number of nitrogens with zero attached hydrogens (tertiary/aromatic N) is 1. The average Bonchev–Trinajstić information content (AvgIpc) is 2.56. The monoisotopic (exact) mass is 449 g/mol. The molecule has 32 heavy (non-hydrogen) atoms. The number of carbonyl (C=O) groups is 3. The lowest BCUT2D eigenvalue weighted by Crippen LogP contribution is -2.56. The van der Waals surface area contributed by atoms with E-state index in [1.54, 1.807) is 66.7 Å². The molecule has 0 aromatic heterocycles. The standard InChI is InChI=1S/C24H39N3O5/c1-15-12-11-13-16(19(15)29)18(20(30)26-22(2,3)4)27(23(5,6)7)17(28)14-25-21(31)32-24(8,9)10/h11-13,18,29H,14H2,1-10H3,(H,25,31)(H,26,30). The van der Waals surface area contributed by atoms with Gasteiger partial charge >= 0.3 is 6.09 Å². The van der Waals surface area contributed by atoms with Crippen LogP contribution < -0.4 is 10.6 Å². The maximum absolute atomic E-state index is 13.4. The first kappa shape index (κ1) is 27.3. The molecule has 1 rings (SSSR count). The molecular weight excluding hydrogens is 410 g/mol. The third kappa shape index (κ3) is 8.05. The normalized spacial score (nSPS) is 13.2. The van der Waals surface area contributed by atoms with Crippen LogP contribution >= 0.6 is 0 Å². The molecule has 3 amide bonds. The van der Waals surface area contributed by atoms with Gasteiger partial charge in [0.15, 0.2) is 0 Å². The largest absolute Gasteiger partial charge is 0.507 e. The summed E-state index contributed by atoms with van der Waals surface area (Å²) in [4.78, 5) is 40.2. The van der Waals surface area contributed by atoms with Crippen LogP contribution in [0.3, 0.4) is 0 Å². The lowest BCUT2D eigenvalue weighted by molar-refractivity contribution is -0.146. The van der Waals surface area contributed by atoms with Gasteiger partial charge in [-0.3, -0.25) is 9.59 Å². The van der Waals surface area contributed by atoms with E-state index in [9.17, 15) is 19.5 Å². The summed E-state index contributed by atoms with van der Waals surface area (Å²) in [6.07, 6.45) is -0.728. The fraction of sp³-hybridized carbons (Fsp3) is 0.625. The van der Waals surface area contributed by atoms with Crippen LogP contribution in [0.25, 0.3) is 0 Å². The number of hydrogen-bond donors (Lipinski definition) is 3. The molecule has 180 valence electrons. The number of hydrogen-bond acceptors (Lipinski definition) is 5. The van der Waals surface area contributed by atoms with Crippen molar-refractivity contribution in [2.24, 2.45) is 0 Å². The Labute approximate surface area is 191 Å². The third-order valence-electron chi connectivity index (χ3n) is 4.34. The van der Waals surface area contributed by atoms with Gasteiger partial charge in [-0.15, -0.1) is 0 Å². The Balaban J connectivity index is 3.41. The van der Waals surface area contributed by atoms with Crippen molar-refractivity contribution >= 4 is 17.9 Å². The summed E-state index contributed by atoms with van der Waals surface area (Å²) in [6.45, 7) is 17.4. The molecule has 0 radical (unpaired) electrons. The van der Waals surface area contributed by atoms with E-state index >= 15 is 0 Å². The zero-order chi connectivity index (χ0) is 25.1. The topological polar surface area (TPSA) is 108 Å². The van der Waals surface area contributed by atoms with Crippen LogP contribution in [-0.4, -0.2) is 51.1 Å². The fourth-order valence-electron chi connectivity index (χ4n) is 3.19. The number of amides is 3. The van der Waals surface area contributed by atoms with Crippen LogP contribution in [0.15, 0.2) is 18.2 Å². The Morgan fingerprint density at radius 1 is 1.03 bits per heavy atom. The van der Waals surface area contributed by atoms with Crippen molar-refractivity contribution in [3.05, 3.63) is 29.3 Å². The molecule has 0 saturated heterocycles. The van der Waals surface area contributed by atoms with Gasteiger partial charge in [-0.05, 0) is 74.8 Å². The van der Waals surface area contributed by atoms with Gasteiger partial charge in [-0.1, -0.05) is 18.2 Å². The molecule has 1 atom stereocenters. The van der Waals surface area contributed by atoms with Gasteiger partial charge in [0, 0.05) is 16.6 Å². The van der Waals surface area contributed by atoms with E-state index in [-0.39, 0.29) is 12.3 Å². The minimum Gasteiger partial charge on any atom is -0.507 e. The Bertz CT molecular complexity index is 845. The zero-order valence-corrected chi connectivity index (χ0v) is 21.0. The molecule has 1 aromatic carbocycles. The molecule has 0 saturated carbocycles. The Kier molecular flexibility index (Phi) is 8.34. The first-order chi connectivity index (χ1) is 14.3. The van der Waals surface area contributed by atoms with Crippen molar-refractivity contribution < 1.29 is 24.2 Å². The first-order valence-electron chi connectivity index (χ1n) is 10.7. The number of phenols is 1. The SMILES string of the molecule is Cc1cccc(C(C(=O)NC(C)(C)C)N(C(=O)CNC(=O)OC(C)(C)C)C(C)(C)C)c1O. The molecule has 8 nitrogen and oxygen atoms in total. The number of aryl methyl sites for hydroxylation is 1. The number of carbonyl (C=O) groups excluding carboxylic acids is 3. The minimum atomic E-state index is -1.11. The molecule has 0 aliphatic carbocycles. The molecule has 0 aliphatic heterocycles. The predicted molar refractivity (Wildman–Crippen MR) is 124 cm³/mol. The van der Waals surface area contributed by atoms with Gasteiger partial charge in [-0.25, -0.2) is 4.79 Å². The predicted octanol–water partition coefficient (Wildman–Crippen LogP) is 3.81. The summed E-state index contributed by atoms with van der Waals surface area (Å²) in [5.41, 5.74) is -1.17. The fourth-order valence-corrected chi connectivity index (χ4v) is 3.19. The highest BCUT2D eigenvalue weighted by Crippen LogP contribution is 2.35. The molecule has 0 aliphatic rings. The van der Waals surface area contributed by atoms with Crippen molar-refractivity contribution in [1.82, 2.24) is 15.5 Å². The number of benzene rings is 1. The highest BCUT2D eigenvalue weighted by atomic mass is 16.6. The summed E-state index contributed by atoms with van der Waals surface area (Å²) in [5.74, 6) is -0.971. The molecule has 3 N–H and O–H groups in total. The molecule has 1 aromatic rings. The maximum atomic E-state index is 13.4. The van der Waals surface area contributed by atoms with Gasteiger partial charge in [0.25, 0.3) is 0 Å². The smallest absolute Gasteiger partial charge is 0.408 e. The van der Waals surface area contributed by atoms with E-state index in [1.165, 1.54) is 4.90 Å². The second kappa shape index (κ2) is 9.79. The Morgan fingerprint density at radius 3 is 2.06 bits per heavy atom. The van der Waals surface area contributed by atoms with Crippen LogP contribution in [0.2, 0.25) is 0 Å². The number of nitrogens with one attached hydrogen (secondary N) is 2. The van der Waals surface area contributed by atoms with E-state index < -0.39 is 40.6 Å². The van der Waals surface area contributed by atoms with Crippen molar-refractivity contribution in [2.45, 2.75) is 92.0 Å². The third-order valence-corrected chi connectivity index (χ3v) is 4.34. The molecular formula is C24H39N3O5. The molecule has 0 fully saturated rings. The van der Waals surface area contributed by atoms with E-state index in [2.05, 4.69) is 10.6 Å². The van der Waals surface area contributed by atoms with E-state index in [4.69, 9.17) is 4.74 Å². The number of alkyl carbamates (subject to hydrolysis) is 1. The average molecular weight is 450 g/mol. The second-order valence-corrected chi connectivity index (χ2v) is 10.9. The Hall–Kier alpha value is -2.77. The van der Waals surface area contributed by atoms with E-state index in [1.807, 2.05) is 20.8 Å². The summed E-state index contributed by atoms with van der Waals surface area (Å²) in [6, 6.07) is 3.97. The number of para-hydroxylation sites is 1. The summed E-state index contributed by atoms with van der Waals surface area (Å²) in [7, 11) is 0. The van der Waals surface area contributed by atoms with Gasteiger partial charge in [0.2, 0.25) is 11.8 Å². The quantitative estimate of drug-likeness (QED) is 0.634. The van der Waals surface area contributed by atoms with E-state index in [0.717, 1.165) is 0 Å². The molecule has 0 spiro atoms. The number of aromatic hydroxyl groups is 1. The van der Waals surface area contributed by atoms with Crippen molar-refractivity contribution in [3.63, 3.8) is 0 Å². The van der Waals surface area contributed by atoms with Crippen LogP contribution in [0.4, 0.5) is 4.79 Å². The first-order valence-corrected chi connectivity index (χ1v) is 10.7. The number of ether oxygens (including phenoxy) is 1. The Morgan fingerprint density at radius 2 is 1.59 bits per heavy atom. The van der Waals surface area contributed by atoms with Crippen molar-refractivity contribution in [2.75, 3.05) is 6.54 Å². The van der Waals surface area contributed by atoms with Crippen molar-refractivity contribution in [3.8, 4) is 5.75 Å². The highest BCUT2D eigenvalue weighted by Gasteiger charge is 2.40. The number of phenolic OH excluding ortho intramolecular Hbond substituents is 1. The lowest BCUT2D eigenvalue weighted by atomic mass is 9.94. The van der Waals surface area contributed by atoms with Gasteiger partial charge in [0.1, 0.15) is 23.9 Å². The van der Waals surface area contributed by atoms with Crippen molar-refractivity contribution in [1.29, 1.82) is 0 Å². The highest BCUT2D eigenvalue weighted by molar-refractivity contribution is 5.91. The van der Waals surface area contributed by atoms with Crippen LogP contribution in [0, 0.1) is 6.92 Å². The van der Waals surface area contributed by atoms with Gasteiger partial charge in [-0.2, -0.15) is 0 Å². The summed E-state index contributed by atoms with van der Waals surface area (Å²) < 4.78 is 5.21. The maximum Gasteiger partial charge on any atom is 0.408 e. The summed E-state index contributed by atoms with van der Waals surface area (Å²) >= 11 is 0. The lowest BCUT2D eigenvalue weighted by Gasteiger charge is -2.42.